The fourth-order valence-electron chi connectivity index (χ4n) is 2.40. The molecular formula is C15H20N2OS. The minimum Gasteiger partial charge on any atom is -0.464 e. The first-order chi connectivity index (χ1) is 9.28. The highest BCUT2D eigenvalue weighted by Crippen LogP contribution is 2.42. The quantitative estimate of drug-likeness (QED) is 0.863. The van der Waals surface area contributed by atoms with Crippen molar-refractivity contribution >= 4 is 11.3 Å². The van der Waals surface area contributed by atoms with Gasteiger partial charge in [-0.05, 0) is 37.8 Å². The van der Waals surface area contributed by atoms with E-state index in [1.165, 1.54) is 17.8 Å². The predicted molar refractivity (Wildman–Crippen MR) is 77.2 cm³/mol. The second kappa shape index (κ2) is 5.47. The Kier molecular flexibility index (Phi) is 3.71. The van der Waals surface area contributed by atoms with Gasteiger partial charge >= 0.3 is 0 Å². The Morgan fingerprint density at radius 3 is 2.89 bits per heavy atom. The van der Waals surface area contributed by atoms with E-state index < -0.39 is 0 Å². The molecule has 1 aliphatic rings. The number of nitrogens with zero attached hydrogens (tertiary/aromatic N) is 1. The van der Waals surface area contributed by atoms with Crippen molar-refractivity contribution in [2.75, 3.05) is 0 Å². The molecule has 0 amide bonds. The maximum Gasteiger partial charge on any atom is 0.120 e. The number of hydrogen-bond acceptors (Lipinski definition) is 4. The van der Waals surface area contributed by atoms with Crippen LogP contribution in [0.2, 0.25) is 0 Å². The molecule has 2 aromatic heterocycles. The van der Waals surface area contributed by atoms with Crippen LogP contribution >= 0.6 is 11.3 Å². The minimum absolute atomic E-state index is 0.231. The Balaban J connectivity index is 1.71. The van der Waals surface area contributed by atoms with Crippen molar-refractivity contribution in [3.05, 3.63) is 40.2 Å². The lowest BCUT2D eigenvalue weighted by molar-refractivity contribution is 0.361. The monoisotopic (exact) mass is 276 g/mol. The number of nitrogens with one attached hydrogen (secondary N) is 1. The van der Waals surface area contributed by atoms with Gasteiger partial charge in [0.1, 0.15) is 16.5 Å². The molecule has 2 aromatic rings. The zero-order valence-corrected chi connectivity index (χ0v) is 12.2. The average Bonchev–Trinajstić information content (AvgIpc) is 2.95. The van der Waals surface area contributed by atoms with E-state index in [-0.39, 0.29) is 6.04 Å². The molecule has 19 heavy (non-hydrogen) atoms. The second-order valence-corrected chi connectivity index (χ2v) is 6.16. The first kappa shape index (κ1) is 12.9. The van der Waals surface area contributed by atoms with Crippen molar-refractivity contribution in [2.24, 2.45) is 5.92 Å². The summed E-state index contributed by atoms with van der Waals surface area (Å²) in [5.74, 6) is 2.83. The van der Waals surface area contributed by atoms with Crippen LogP contribution in [0.1, 0.15) is 55.3 Å². The van der Waals surface area contributed by atoms with Gasteiger partial charge in [0.05, 0.1) is 12.1 Å². The van der Waals surface area contributed by atoms with Gasteiger partial charge in [-0.1, -0.05) is 6.92 Å². The zero-order valence-electron chi connectivity index (χ0n) is 11.4. The van der Waals surface area contributed by atoms with Crippen molar-refractivity contribution in [3.8, 4) is 0 Å². The number of aryl methyl sites for hydroxylation is 1. The SMILES string of the molecule is CCc1ccc([C@H](C)N[C@@H](c2nccs2)C2CC2)o1. The van der Waals surface area contributed by atoms with Crippen LogP contribution in [0.5, 0.6) is 0 Å². The molecule has 0 saturated heterocycles. The highest BCUT2D eigenvalue weighted by atomic mass is 32.1. The average molecular weight is 276 g/mol. The molecule has 1 aliphatic carbocycles. The maximum atomic E-state index is 5.83. The van der Waals surface area contributed by atoms with Crippen LogP contribution < -0.4 is 5.32 Å². The van der Waals surface area contributed by atoms with Gasteiger partial charge in [0, 0.05) is 18.0 Å². The summed E-state index contributed by atoms with van der Waals surface area (Å²) in [5.41, 5.74) is 0. The second-order valence-electron chi connectivity index (χ2n) is 5.23. The summed E-state index contributed by atoms with van der Waals surface area (Å²) in [4.78, 5) is 4.47. The number of hydrogen-bond donors (Lipinski definition) is 1. The Morgan fingerprint density at radius 2 is 2.32 bits per heavy atom. The molecular weight excluding hydrogens is 256 g/mol. The van der Waals surface area contributed by atoms with Crippen LogP contribution in [0.4, 0.5) is 0 Å². The largest absolute Gasteiger partial charge is 0.464 e. The lowest BCUT2D eigenvalue weighted by Crippen LogP contribution is -2.25. The van der Waals surface area contributed by atoms with Gasteiger partial charge in [0.15, 0.2) is 0 Å². The molecule has 0 bridgehead atoms. The fourth-order valence-corrected chi connectivity index (χ4v) is 3.19. The molecule has 1 N–H and O–H groups in total. The summed E-state index contributed by atoms with van der Waals surface area (Å²) in [6, 6.07) is 4.77. The lowest BCUT2D eigenvalue weighted by Gasteiger charge is -2.20. The minimum atomic E-state index is 0.231. The zero-order chi connectivity index (χ0) is 13.2. The Bertz CT molecular complexity index is 516. The molecule has 1 fully saturated rings. The van der Waals surface area contributed by atoms with Gasteiger partial charge in [-0.2, -0.15) is 0 Å². The van der Waals surface area contributed by atoms with Crippen LogP contribution in [-0.4, -0.2) is 4.98 Å². The third-order valence-corrected chi connectivity index (χ3v) is 4.56. The molecule has 0 radical (unpaired) electrons. The highest BCUT2D eigenvalue weighted by molar-refractivity contribution is 7.09. The van der Waals surface area contributed by atoms with E-state index in [0.29, 0.717) is 6.04 Å². The van der Waals surface area contributed by atoms with Crippen molar-refractivity contribution in [1.82, 2.24) is 10.3 Å². The molecule has 0 aromatic carbocycles. The van der Waals surface area contributed by atoms with Crippen LogP contribution in [0, 0.1) is 5.92 Å². The molecule has 0 unspecified atom stereocenters. The molecule has 102 valence electrons. The first-order valence-electron chi connectivity index (χ1n) is 7.02. The number of rotatable bonds is 6. The first-order valence-corrected chi connectivity index (χ1v) is 7.90. The van der Waals surface area contributed by atoms with Gasteiger partial charge in [-0.15, -0.1) is 11.3 Å². The lowest BCUT2D eigenvalue weighted by atomic mass is 10.1. The summed E-state index contributed by atoms with van der Waals surface area (Å²) >= 11 is 1.74. The molecule has 0 spiro atoms. The Hall–Kier alpha value is -1.13. The number of thiazole rings is 1. The Labute approximate surface area is 118 Å². The van der Waals surface area contributed by atoms with Crippen molar-refractivity contribution in [3.63, 3.8) is 0 Å². The summed E-state index contributed by atoms with van der Waals surface area (Å²) in [7, 11) is 0. The predicted octanol–water partition coefficient (Wildman–Crippen LogP) is 4.10. The highest BCUT2D eigenvalue weighted by Gasteiger charge is 2.35. The molecule has 3 nitrogen and oxygen atoms in total. The number of aromatic nitrogens is 1. The normalized spacial score (nSPS) is 18.4. The molecule has 4 heteroatoms. The molecule has 0 aliphatic heterocycles. The smallest absolute Gasteiger partial charge is 0.120 e. The summed E-state index contributed by atoms with van der Waals surface area (Å²) in [6.07, 6.45) is 5.46. The van der Waals surface area contributed by atoms with Gasteiger partial charge < -0.3 is 4.42 Å². The topological polar surface area (TPSA) is 38.1 Å². The number of furan rings is 1. The van der Waals surface area contributed by atoms with E-state index in [0.717, 1.165) is 23.9 Å². The molecule has 1 saturated carbocycles. The Morgan fingerprint density at radius 1 is 1.47 bits per heavy atom. The third kappa shape index (κ3) is 2.90. The molecule has 3 rings (SSSR count). The van der Waals surface area contributed by atoms with Crippen LogP contribution in [0.15, 0.2) is 28.1 Å². The van der Waals surface area contributed by atoms with Crippen molar-refractivity contribution < 1.29 is 4.42 Å². The molecule has 2 heterocycles. The van der Waals surface area contributed by atoms with Gasteiger partial charge in [0.25, 0.3) is 0 Å². The van der Waals surface area contributed by atoms with E-state index in [4.69, 9.17) is 4.42 Å². The van der Waals surface area contributed by atoms with Crippen LogP contribution in [0.3, 0.4) is 0 Å². The van der Waals surface area contributed by atoms with Crippen LogP contribution in [0.25, 0.3) is 0 Å². The maximum absolute atomic E-state index is 5.83. The van der Waals surface area contributed by atoms with Crippen molar-refractivity contribution in [1.29, 1.82) is 0 Å². The van der Waals surface area contributed by atoms with Gasteiger partial charge in [0.2, 0.25) is 0 Å². The molecule has 2 atom stereocenters. The summed E-state index contributed by atoms with van der Waals surface area (Å²) in [6.45, 7) is 4.28. The van der Waals surface area contributed by atoms with Crippen molar-refractivity contribution in [2.45, 2.75) is 45.2 Å². The van der Waals surface area contributed by atoms with Gasteiger partial charge in [-0.25, -0.2) is 4.98 Å². The summed E-state index contributed by atoms with van der Waals surface area (Å²) in [5, 5.41) is 6.95. The van der Waals surface area contributed by atoms with E-state index >= 15 is 0 Å². The van der Waals surface area contributed by atoms with E-state index in [2.05, 4.69) is 41.7 Å². The fraction of sp³-hybridized carbons (Fsp3) is 0.533. The summed E-state index contributed by atoms with van der Waals surface area (Å²) < 4.78 is 5.83. The van der Waals surface area contributed by atoms with E-state index in [1.54, 1.807) is 11.3 Å². The van der Waals surface area contributed by atoms with Gasteiger partial charge in [-0.3, -0.25) is 5.32 Å². The van der Waals surface area contributed by atoms with Crippen LogP contribution in [-0.2, 0) is 6.42 Å². The third-order valence-electron chi connectivity index (χ3n) is 3.70. The standard InChI is InChI=1S/C15H20N2OS/c1-3-12-6-7-13(18-12)10(2)17-14(11-4-5-11)15-16-8-9-19-15/h6-11,14,17H,3-5H2,1-2H3/t10-,14+/m0/s1. The van der Waals surface area contributed by atoms with E-state index in [1.807, 2.05) is 6.20 Å². The van der Waals surface area contributed by atoms with E-state index in [9.17, 15) is 0 Å².